The van der Waals surface area contributed by atoms with Crippen molar-refractivity contribution in [2.45, 2.75) is 40.0 Å². The maximum absolute atomic E-state index is 10.4. The lowest BCUT2D eigenvalue weighted by Gasteiger charge is -2.12. The van der Waals surface area contributed by atoms with E-state index in [2.05, 4.69) is 13.8 Å². The third kappa shape index (κ3) is 4.80. The Morgan fingerprint density at radius 1 is 1.20 bits per heavy atom. The Kier molecular flexibility index (Phi) is 5.70. The van der Waals surface area contributed by atoms with E-state index in [9.17, 15) is 5.11 Å². The second kappa shape index (κ2) is 5.72. The highest BCUT2D eigenvalue weighted by molar-refractivity contribution is 4.57. The number of hydrogen-bond acceptors (Lipinski definition) is 0. The summed E-state index contributed by atoms with van der Waals surface area (Å²) in [4.78, 5) is 0. The van der Waals surface area contributed by atoms with E-state index in [1.807, 2.05) is 6.92 Å². The third-order valence-corrected chi connectivity index (χ3v) is 1.87. The molecule has 0 aromatic heterocycles. The summed E-state index contributed by atoms with van der Waals surface area (Å²) in [5.41, 5.74) is 0. The molecule has 0 saturated carbocycles. The average Bonchev–Trinajstić information content (AvgIpc) is 1.88. The van der Waals surface area contributed by atoms with Crippen LogP contribution in [0.5, 0.6) is 0 Å². The van der Waals surface area contributed by atoms with Gasteiger partial charge in [-0.3, -0.25) is 0 Å². The SMILES string of the molecule is CCCC(C)CC(C)C[O]. The van der Waals surface area contributed by atoms with E-state index >= 15 is 0 Å². The van der Waals surface area contributed by atoms with Crippen LogP contribution in [0.3, 0.4) is 0 Å². The molecule has 0 spiro atoms. The Morgan fingerprint density at radius 3 is 2.20 bits per heavy atom. The second-order valence-corrected chi connectivity index (χ2v) is 3.40. The zero-order valence-corrected chi connectivity index (χ0v) is 7.39. The molecule has 1 heteroatoms. The molecule has 1 nitrogen and oxygen atoms in total. The fraction of sp³-hybridized carbons (Fsp3) is 1.00. The Bertz CT molecular complexity index is 71.1. The van der Waals surface area contributed by atoms with Crippen molar-refractivity contribution >= 4 is 0 Å². The molecule has 0 aromatic carbocycles. The Morgan fingerprint density at radius 2 is 1.80 bits per heavy atom. The molecule has 0 heterocycles. The van der Waals surface area contributed by atoms with Crippen LogP contribution < -0.4 is 0 Å². The average molecular weight is 143 g/mol. The highest BCUT2D eigenvalue weighted by Gasteiger charge is 2.06. The van der Waals surface area contributed by atoms with Crippen LogP contribution in [0.15, 0.2) is 0 Å². The molecule has 2 atom stereocenters. The molecular weight excluding hydrogens is 124 g/mol. The van der Waals surface area contributed by atoms with Crippen molar-refractivity contribution < 1.29 is 5.11 Å². The van der Waals surface area contributed by atoms with Gasteiger partial charge < -0.3 is 0 Å². The Balaban J connectivity index is 3.27. The van der Waals surface area contributed by atoms with Gasteiger partial charge in [-0.15, -0.1) is 0 Å². The van der Waals surface area contributed by atoms with Crippen LogP contribution in [0.4, 0.5) is 0 Å². The molecular formula is C9H19O. The Hall–Kier alpha value is -0.0400. The third-order valence-electron chi connectivity index (χ3n) is 1.87. The van der Waals surface area contributed by atoms with E-state index < -0.39 is 0 Å². The van der Waals surface area contributed by atoms with E-state index in [1.54, 1.807) is 0 Å². The summed E-state index contributed by atoms with van der Waals surface area (Å²) in [6, 6.07) is 0. The second-order valence-electron chi connectivity index (χ2n) is 3.40. The van der Waals surface area contributed by atoms with E-state index in [-0.39, 0.29) is 6.61 Å². The van der Waals surface area contributed by atoms with E-state index in [4.69, 9.17) is 0 Å². The van der Waals surface area contributed by atoms with E-state index in [1.165, 1.54) is 12.8 Å². The van der Waals surface area contributed by atoms with Crippen LogP contribution in [0.1, 0.15) is 40.0 Å². The normalized spacial score (nSPS) is 16.8. The lowest BCUT2D eigenvalue weighted by Crippen LogP contribution is -2.05. The summed E-state index contributed by atoms with van der Waals surface area (Å²) < 4.78 is 0. The molecule has 0 fully saturated rings. The first-order chi connectivity index (χ1) is 4.70. The van der Waals surface area contributed by atoms with Crippen LogP contribution in [-0.4, -0.2) is 6.61 Å². The molecule has 0 amide bonds. The molecule has 10 heavy (non-hydrogen) atoms. The van der Waals surface area contributed by atoms with Crippen molar-refractivity contribution in [3.63, 3.8) is 0 Å². The summed E-state index contributed by atoms with van der Waals surface area (Å²) in [5.74, 6) is 1.12. The minimum absolute atomic E-state index is 0.0913. The maximum atomic E-state index is 10.4. The Labute approximate surface area is 64.5 Å². The van der Waals surface area contributed by atoms with Gasteiger partial charge in [0.2, 0.25) is 0 Å². The summed E-state index contributed by atoms with van der Waals surface area (Å²) in [7, 11) is 0. The number of rotatable bonds is 5. The molecule has 2 unspecified atom stereocenters. The molecule has 0 aliphatic heterocycles. The molecule has 0 saturated heterocycles. The maximum Gasteiger partial charge on any atom is 0.0847 e. The first kappa shape index (κ1) is 9.96. The summed E-state index contributed by atoms with van der Waals surface area (Å²) in [6.07, 6.45) is 3.62. The van der Waals surface area contributed by atoms with E-state index in [0.717, 1.165) is 12.3 Å². The van der Waals surface area contributed by atoms with Crippen LogP contribution >= 0.6 is 0 Å². The molecule has 0 aliphatic carbocycles. The minimum atomic E-state index is 0.0913. The highest BCUT2D eigenvalue weighted by atomic mass is 16.3. The van der Waals surface area contributed by atoms with Crippen molar-refractivity contribution in [3.8, 4) is 0 Å². The van der Waals surface area contributed by atoms with Gasteiger partial charge in [-0.2, -0.15) is 0 Å². The van der Waals surface area contributed by atoms with Crippen LogP contribution in [0.2, 0.25) is 0 Å². The fourth-order valence-electron chi connectivity index (χ4n) is 1.37. The smallest absolute Gasteiger partial charge is 0.0847 e. The minimum Gasteiger partial charge on any atom is -0.236 e. The van der Waals surface area contributed by atoms with Crippen molar-refractivity contribution in [2.75, 3.05) is 6.61 Å². The van der Waals surface area contributed by atoms with Gasteiger partial charge in [-0.05, 0) is 18.3 Å². The predicted octanol–water partition coefficient (Wildman–Crippen LogP) is 2.88. The van der Waals surface area contributed by atoms with Crippen LogP contribution in [0.25, 0.3) is 0 Å². The largest absolute Gasteiger partial charge is 0.236 e. The summed E-state index contributed by atoms with van der Waals surface area (Å²) >= 11 is 0. The molecule has 0 aliphatic rings. The van der Waals surface area contributed by atoms with Gasteiger partial charge in [0.05, 0.1) is 6.61 Å². The van der Waals surface area contributed by atoms with Crippen molar-refractivity contribution in [2.24, 2.45) is 11.8 Å². The standard InChI is InChI=1S/C9H19O/c1-4-5-8(2)6-9(3)7-10/h8-9H,4-7H2,1-3H3. The van der Waals surface area contributed by atoms with Gasteiger partial charge in [0.15, 0.2) is 0 Å². The van der Waals surface area contributed by atoms with Gasteiger partial charge in [-0.1, -0.05) is 33.6 Å². The van der Waals surface area contributed by atoms with Gasteiger partial charge in [-0.25, -0.2) is 5.11 Å². The van der Waals surface area contributed by atoms with Crippen LogP contribution in [0, 0.1) is 11.8 Å². The topological polar surface area (TPSA) is 19.9 Å². The molecule has 0 rings (SSSR count). The molecule has 0 N–H and O–H groups in total. The highest BCUT2D eigenvalue weighted by Crippen LogP contribution is 2.15. The zero-order valence-electron chi connectivity index (χ0n) is 7.39. The quantitative estimate of drug-likeness (QED) is 0.564. The summed E-state index contributed by atoms with van der Waals surface area (Å²) in [6.45, 7) is 6.56. The monoisotopic (exact) mass is 143 g/mol. The molecule has 0 aromatic rings. The zero-order chi connectivity index (χ0) is 7.98. The van der Waals surface area contributed by atoms with Crippen molar-refractivity contribution in [3.05, 3.63) is 0 Å². The van der Waals surface area contributed by atoms with Crippen molar-refractivity contribution in [1.29, 1.82) is 0 Å². The predicted molar refractivity (Wildman–Crippen MR) is 43.4 cm³/mol. The lowest BCUT2D eigenvalue weighted by molar-refractivity contribution is 0.137. The van der Waals surface area contributed by atoms with Gasteiger partial charge in [0, 0.05) is 0 Å². The van der Waals surface area contributed by atoms with Crippen LogP contribution in [-0.2, 0) is 5.11 Å². The fourth-order valence-corrected chi connectivity index (χ4v) is 1.37. The van der Waals surface area contributed by atoms with E-state index in [0.29, 0.717) is 5.92 Å². The van der Waals surface area contributed by atoms with Gasteiger partial charge in [0.25, 0.3) is 0 Å². The molecule has 61 valence electrons. The van der Waals surface area contributed by atoms with Crippen molar-refractivity contribution in [1.82, 2.24) is 0 Å². The molecule has 1 radical (unpaired) electrons. The van der Waals surface area contributed by atoms with Gasteiger partial charge >= 0.3 is 0 Å². The molecule has 0 bridgehead atoms. The first-order valence-electron chi connectivity index (χ1n) is 4.28. The first-order valence-corrected chi connectivity index (χ1v) is 4.28. The summed E-state index contributed by atoms with van der Waals surface area (Å²) in [5, 5.41) is 10.4. The number of hydrogen-bond donors (Lipinski definition) is 0. The van der Waals surface area contributed by atoms with Gasteiger partial charge in [0.1, 0.15) is 0 Å². The lowest BCUT2D eigenvalue weighted by atomic mass is 9.94.